The summed E-state index contributed by atoms with van der Waals surface area (Å²) in [5, 5.41) is 1.70. The minimum absolute atomic E-state index is 0.336. The van der Waals surface area contributed by atoms with Gasteiger partial charge in [0.25, 0.3) is 0 Å². The number of nitrogens with two attached hydrogens (primary N) is 1. The summed E-state index contributed by atoms with van der Waals surface area (Å²) in [6.45, 7) is 2.74. The molecule has 0 unspecified atom stereocenters. The molecular formula is C17H16ClNO2. The molecule has 0 aliphatic carbocycles. The monoisotopic (exact) mass is 301 g/mol. The number of furan rings is 1. The lowest BCUT2D eigenvalue weighted by molar-refractivity contribution is 0.271. The highest BCUT2D eigenvalue weighted by Gasteiger charge is 2.13. The molecule has 4 heteroatoms. The Hall–Kier alpha value is -1.97. The second kappa shape index (κ2) is 5.80. The highest BCUT2D eigenvalue weighted by molar-refractivity contribution is 6.30. The predicted octanol–water partition coefficient (Wildman–Crippen LogP) is 4.43. The highest BCUT2D eigenvalue weighted by atomic mass is 35.5. The number of rotatable bonds is 4. The Morgan fingerprint density at radius 3 is 2.81 bits per heavy atom. The first-order chi connectivity index (χ1) is 10.2. The number of para-hydroxylation sites is 1. The minimum Gasteiger partial charge on any atom is -0.485 e. The Balaban J connectivity index is 1.89. The molecule has 0 bridgehead atoms. The molecule has 0 atom stereocenters. The molecule has 2 aromatic carbocycles. The Labute approximate surface area is 128 Å². The standard InChI is InChI=1S/C17H16ClNO2/c1-11-6-7-12(18)8-16(11)20-10-17-14(9-19)13-4-2-3-5-15(13)21-17/h2-8H,9-10,19H2,1H3. The van der Waals surface area contributed by atoms with Crippen LogP contribution in [0.5, 0.6) is 5.75 Å². The van der Waals surface area contributed by atoms with Gasteiger partial charge >= 0.3 is 0 Å². The van der Waals surface area contributed by atoms with Crippen LogP contribution in [0.25, 0.3) is 11.0 Å². The van der Waals surface area contributed by atoms with E-state index in [4.69, 9.17) is 26.5 Å². The third-order valence-corrected chi connectivity index (χ3v) is 3.73. The van der Waals surface area contributed by atoms with Gasteiger partial charge in [-0.2, -0.15) is 0 Å². The smallest absolute Gasteiger partial charge is 0.147 e. The summed E-state index contributed by atoms with van der Waals surface area (Å²) < 4.78 is 11.7. The van der Waals surface area contributed by atoms with Crippen LogP contribution in [0.3, 0.4) is 0 Å². The van der Waals surface area contributed by atoms with Crippen molar-refractivity contribution in [2.24, 2.45) is 5.73 Å². The summed E-state index contributed by atoms with van der Waals surface area (Å²) in [5.74, 6) is 1.52. The summed E-state index contributed by atoms with van der Waals surface area (Å²) in [4.78, 5) is 0. The van der Waals surface area contributed by atoms with Gasteiger partial charge in [0.15, 0.2) is 0 Å². The number of halogens is 1. The number of hydrogen-bond acceptors (Lipinski definition) is 3. The van der Waals surface area contributed by atoms with Gasteiger partial charge in [-0.1, -0.05) is 35.9 Å². The molecule has 21 heavy (non-hydrogen) atoms. The van der Waals surface area contributed by atoms with Crippen molar-refractivity contribution in [3.63, 3.8) is 0 Å². The second-order valence-corrected chi connectivity index (χ2v) is 5.34. The van der Waals surface area contributed by atoms with Crippen LogP contribution in [0.1, 0.15) is 16.9 Å². The average molecular weight is 302 g/mol. The Morgan fingerprint density at radius 1 is 1.19 bits per heavy atom. The first-order valence-corrected chi connectivity index (χ1v) is 7.15. The third kappa shape index (κ3) is 2.75. The SMILES string of the molecule is Cc1ccc(Cl)cc1OCc1oc2ccccc2c1CN. The van der Waals surface area contributed by atoms with Crippen LogP contribution >= 0.6 is 11.6 Å². The molecule has 0 amide bonds. The van der Waals surface area contributed by atoms with E-state index in [0.29, 0.717) is 18.2 Å². The van der Waals surface area contributed by atoms with Crippen molar-refractivity contribution in [3.8, 4) is 5.75 Å². The van der Waals surface area contributed by atoms with E-state index in [1.807, 2.05) is 49.4 Å². The molecule has 108 valence electrons. The topological polar surface area (TPSA) is 48.4 Å². The van der Waals surface area contributed by atoms with Gasteiger partial charge in [-0.25, -0.2) is 0 Å². The van der Waals surface area contributed by atoms with Gasteiger partial charge in [0, 0.05) is 22.5 Å². The van der Waals surface area contributed by atoms with E-state index < -0.39 is 0 Å². The van der Waals surface area contributed by atoms with Gasteiger partial charge in [-0.3, -0.25) is 0 Å². The normalized spacial score (nSPS) is 11.0. The molecule has 2 N–H and O–H groups in total. The maximum atomic E-state index is 6.00. The van der Waals surface area contributed by atoms with Crippen LogP contribution in [0, 0.1) is 6.92 Å². The molecule has 0 saturated heterocycles. The molecule has 3 rings (SSSR count). The van der Waals surface area contributed by atoms with Crippen LogP contribution in [-0.4, -0.2) is 0 Å². The van der Waals surface area contributed by atoms with Crippen molar-refractivity contribution in [2.75, 3.05) is 0 Å². The molecule has 3 aromatic rings. The summed E-state index contributed by atoms with van der Waals surface area (Å²) in [7, 11) is 0. The molecule has 0 aliphatic rings. The van der Waals surface area contributed by atoms with Gasteiger partial charge < -0.3 is 14.9 Å². The number of ether oxygens (including phenoxy) is 1. The largest absolute Gasteiger partial charge is 0.485 e. The lowest BCUT2D eigenvalue weighted by Gasteiger charge is -2.09. The quantitative estimate of drug-likeness (QED) is 0.775. The Bertz CT molecular complexity index is 780. The van der Waals surface area contributed by atoms with Crippen molar-refractivity contribution < 1.29 is 9.15 Å². The van der Waals surface area contributed by atoms with Crippen LogP contribution in [-0.2, 0) is 13.2 Å². The van der Waals surface area contributed by atoms with Crippen molar-refractivity contribution in [3.05, 3.63) is 64.4 Å². The summed E-state index contributed by atoms with van der Waals surface area (Å²) in [6.07, 6.45) is 0. The zero-order chi connectivity index (χ0) is 14.8. The van der Waals surface area contributed by atoms with Crippen LogP contribution < -0.4 is 10.5 Å². The van der Waals surface area contributed by atoms with E-state index in [9.17, 15) is 0 Å². The molecule has 0 spiro atoms. The number of fused-ring (bicyclic) bond motifs is 1. The fraction of sp³-hybridized carbons (Fsp3) is 0.176. The minimum atomic E-state index is 0.336. The number of benzene rings is 2. The lowest BCUT2D eigenvalue weighted by Crippen LogP contribution is -2.03. The maximum absolute atomic E-state index is 6.00. The first-order valence-electron chi connectivity index (χ1n) is 6.77. The Kier molecular flexibility index (Phi) is 3.86. The van der Waals surface area contributed by atoms with Crippen LogP contribution in [0.2, 0.25) is 5.02 Å². The molecule has 0 radical (unpaired) electrons. The van der Waals surface area contributed by atoms with Crippen molar-refractivity contribution in [1.82, 2.24) is 0 Å². The predicted molar refractivity (Wildman–Crippen MR) is 84.6 cm³/mol. The van der Waals surface area contributed by atoms with Gasteiger partial charge in [-0.05, 0) is 30.7 Å². The van der Waals surface area contributed by atoms with Crippen LogP contribution in [0.4, 0.5) is 0 Å². The molecule has 0 fully saturated rings. The van der Waals surface area contributed by atoms with Gasteiger partial charge in [-0.15, -0.1) is 0 Å². The Morgan fingerprint density at radius 2 is 2.00 bits per heavy atom. The van der Waals surface area contributed by atoms with E-state index in [1.54, 1.807) is 0 Å². The summed E-state index contributed by atoms with van der Waals surface area (Å²) in [6, 6.07) is 13.4. The first kappa shape index (κ1) is 14.0. The number of aryl methyl sites for hydroxylation is 1. The maximum Gasteiger partial charge on any atom is 0.147 e. The summed E-state index contributed by atoms with van der Waals surface area (Å²) >= 11 is 6.00. The molecule has 3 nitrogen and oxygen atoms in total. The van der Waals surface area contributed by atoms with E-state index >= 15 is 0 Å². The fourth-order valence-electron chi connectivity index (χ4n) is 2.36. The van der Waals surface area contributed by atoms with Crippen LogP contribution in [0.15, 0.2) is 46.9 Å². The molecule has 0 aliphatic heterocycles. The van der Waals surface area contributed by atoms with Gasteiger partial charge in [0.05, 0.1) is 0 Å². The van der Waals surface area contributed by atoms with E-state index in [2.05, 4.69) is 0 Å². The van der Waals surface area contributed by atoms with E-state index in [1.165, 1.54) is 0 Å². The molecular weight excluding hydrogens is 286 g/mol. The second-order valence-electron chi connectivity index (χ2n) is 4.90. The van der Waals surface area contributed by atoms with E-state index in [0.717, 1.165) is 33.6 Å². The highest BCUT2D eigenvalue weighted by Crippen LogP contribution is 2.28. The average Bonchev–Trinajstić information content (AvgIpc) is 2.85. The van der Waals surface area contributed by atoms with Crippen molar-refractivity contribution in [1.29, 1.82) is 0 Å². The van der Waals surface area contributed by atoms with Gasteiger partial charge in [0.1, 0.15) is 23.7 Å². The number of hydrogen-bond donors (Lipinski definition) is 1. The van der Waals surface area contributed by atoms with Gasteiger partial charge in [0.2, 0.25) is 0 Å². The fourth-order valence-corrected chi connectivity index (χ4v) is 2.52. The van der Waals surface area contributed by atoms with E-state index in [-0.39, 0.29) is 0 Å². The summed E-state index contributed by atoms with van der Waals surface area (Å²) in [5.41, 5.74) is 8.70. The van der Waals surface area contributed by atoms with Crippen molar-refractivity contribution >= 4 is 22.6 Å². The third-order valence-electron chi connectivity index (χ3n) is 3.50. The molecule has 1 aromatic heterocycles. The zero-order valence-electron chi connectivity index (χ0n) is 11.7. The zero-order valence-corrected chi connectivity index (χ0v) is 12.5. The van der Waals surface area contributed by atoms with Crippen molar-refractivity contribution in [2.45, 2.75) is 20.1 Å². The molecule has 1 heterocycles. The lowest BCUT2D eigenvalue weighted by atomic mass is 10.1. The molecule has 0 saturated carbocycles.